The van der Waals surface area contributed by atoms with Gasteiger partial charge in [-0.05, 0) is 62.6 Å². The Morgan fingerprint density at radius 1 is 0.897 bits per heavy atom. The standard InChI is InChI=1S/C48H49ClN10O7S2/c1-25-27(3)68-48-43(25)44(30-9-11-32(49)12-10-30)55-37(46-57-56-28(4)59(46)48)18-39(61)54-33-15-36(16-33)66-41-14-13-35(20-51-41)65-23-40(62)50-21-42(63)58-22-34(60)17-38(58)47(64)52-19-29-5-7-31(8-6-29)45-26(2)53-24-67-45/h5-14,20,24,33-34,36-38,60H,15-19,21-23H2,1-4H3,(H,50,62)(H,52,64)(H,54,61)/t33?,34-,36?,37+,38+/m1/s1. The molecular weight excluding hydrogens is 928 g/mol. The number of thiazole rings is 1. The summed E-state index contributed by atoms with van der Waals surface area (Å²) >= 11 is 9.47. The second-order valence-electron chi connectivity index (χ2n) is 17.1. The number of fused-ring (bicyclic) bond motifs is 3. The lowest BCUT2D eigenvalue weighted by atomic mass is 9.89. The van der Waals surface area contributed by atoms with Gasteiger partial charge in [-0.25, -0.2) is 9.97 Å². The minimum Gasteiger partial charge on any atom is -0.482 e. The Hall–Kier alpha value is -6.54. The molecule has 6 aromatic rings. The van der Waals surface area contributed by atoms with E-state index in [1.54, 1.807) is 40.3 Å². The molecule has 4 aromatic heterocycles. The number of hydrogen-bond donors (Lipinski definition) is 4. The number of hydrogen-bond acceptors (Lipinski definition) is 14. The van der Waals surface area contributed by atoms with Gasteiger partial charge in [0.05, 0.1) is 47.1 Å². The van der Waals surface area contributed by atoms with Gasteiger partial charge in [-0.3, -0.25) is 28.7 Å². The molecule has 17 nitrogen and oxygen atoms in total. The normalized spacial score (nSPS) is 19.5. The summed E-state index contributed by atoms with van der Waals surface area (Å²) in [5, 5.41) is 29.4. The predicted molar refractivity (Wildman–Crippen MR) is 256 cm³/mol. The monoisotopic (exact) mass is 976 g/mol. The van der Waals surface area contributed by atoms with Crippen molar-refractivity contribution >= 4 is 63.6 Å². The Morgan fingerprint density at radius 2 is 1.66 bits per heavy atom. The Kier molecular flexibility index (Phi) is 13.7. The number of aliphatic hydroxyl groups is 1. The number of amides is 4. The van der Waals surface area contributed by atoms with E-state index in [2.05, 4.69) is 50.0 Å². The van der Waals surface area contributed by atoms with Crippen molar-refractivity contribution in [1.29, 1.82) is 0 Å². The molecule has 0 unspecified atom stereocenters. The molecule has 3 atom stereocenters. The number of β-amino-alcohol motifs (C(OH)–C–C–N with tert-alkyl or cyclic N) is 1. The topological polar surface area (TPSA) is 215 Å². The van der Waals surface area contributed by atoms with Crippen molar-refractivity contribution in [3.63, 3.8) is 0 Å². The molecule has 3 aliphatic rings. The maximum atomic E-state index is 13.6. The summed E-state index contributed by atoms with van der Waals surface area (Å²) in [4.78, 5) is 69.8. The molecular formula is C48H49ClN10O7S2. The number of pyridine rings is 1. The van der Waals surface area contributed by atoms with Crippen LogP contribution in [-0.2, 0) is 25.7 Å². The zero-order chi connectivity index (χ0) is 47.6. The van der Waals surface area contributed by atoms with Gasteiger partial charge in [-0.2, -0.15) is 0 Å². The number of aromatic nitrogens is 5. The Morgan fingerprint density at radius 3 is 2.38 bits per heavy atom. The Bertz CT molecular complexity index is 2880. The lowest BCUT2D eigenvalue weighted by Crippen LogP contribution is -2.49. The third-order valence-corrected chi connectivity index (χ3v) is 14.8. The van der Waals surface area contributed by atoms with E-state index < -0.39 is 30.0 Å². The first-order chi connectivity index (χ1) is 32.8. The van der Waals surface area contributed by atoms with E-state index in [-0.39, 0.29) is 63.0 Å². The lowest BCUT2D eigenvalue weighted by Gasteiger charge is -2.35. The van der Waals surface area contributed by atoms with Gasteiger partial charge in [-0.15, -0.1) is 32.9 Å². The van der Waals surface area contributed by atoms with Crippen molar-refractivity contribution in [2.24, 2.45) is 4.99 Å². The van der Waals surface area contributed by atoms with Crippen LogP contribution in [0.15, 0.2) is 77.4 Å². The molecule has 1 aliphatic carbocycles. The molecule has 2 aromatic carbocycles. The third-order valence-electron chi connectivity index (χ3n) is 12.3. The molecule has 1 saturated heterocycles. The van der Waals surface area contributed by atoms with Gasteiger partial charge in [0.1, 0.15) is 34.8 Å². The summed E-state index contributed by atoms with van der Waals surface area (Å²) in [6, 6.07) is 17.1. The summed E-state index contributed by atoms with van der Waals surface area (Å²) in [5.74, 6) is 0.420. The second-order valence-corrected chi connectivity index (χ2v) is 19.6. The molecule has 2 aliphatic heterocycles. The largest absolute Gasteiger partial charge is 0.482 e. The zero-order valence-electron chi connectivity index (χ0n) is 37.7. The highest BCUT2D eigenvalue weighted by Gasteiger charge is 2.39. The maximum Gasteiger partial charge on any atom is 0.258 e. The van der Waals surface area contributed by atoms with Crippen molar-refractivity contribution in [3.05, 3.63) is 122 Å². The van der Waals surface area contributed by atoms with E-state index in [4.69, 9.17) is 26.1 Å². The first-order valence-corrected chi connectivity index (χ1v) is 24.3. The number of ether oxygens (including phenoxy) is 2. The van der Waals surface area contributed by atoms with Gasteiger partial charge in [0.25, 0.3) is 5.91 Å². The van der Waals surface area contributed by atoms with Crippen LogP contribution >= 0.6 is 34.3 Å². The van der Waals surface area contributed by atoms with E-state index in [0.29, 0.717) is 35.3 Å². The summed E-state index contributed by atoms with van der Waals surface area (Å²) in [6.45, 7) is 7.51. The molecule has 1 saturated carbocycles. The number of aliphatic imine (C=N–C) groups is 1. The molecule has 6 heterocycles. The molecule has 9 rings (SSSR count). The highest BCUT2D eigenvalue weighted by atomic mass is 35.5. The van der Waals surface area contributed by atoms with Gasteiger partial charge >= 0.3 is 0 Å². The van der Waals surface area contributed by atoms with Crippen LogP contribution in [0.5, 0.6) is 11.6 Å². The van der Waals surface area contributed by atoms with E-state index >= 15 is 0 Å². The number of likely N-dealkylation sites (tertiary alicyclic amines) is 1. The highest BCUT2D eigenvalue weighted by molar-refractivity contribution is 7.15. The predicted octanol–water partition coefficient (Wildman–Crippen LogP) is 5.52. The summed E-state index contributed by atoms with van der Waals surface area (Å²) in [7, 11) is 0. The van der Waals surface area contributed by atoms with Crippen LogP contribution in [0.3, 0.4) is 0 Å². The van der Waals surface area contributed by atoms with Gasteiger partial charge in [0.2, 0.25) is 23.6 Å². The number of aliphatic hydroxyl groups excluding tert-OH is 1. The average molecular weight is 978 g/mol. The van der Waals surface area contributed by atoms with E-state index in [9.17, 15) is 24.3 Å². The number of nitrogens with one attached hydrogen (secondary N) is 3. The fourth-order valence-corrected chi connectivity index (χ4v) is 10.7. The SMILES string of the molecule is Cc1ncsc1-c1ccc(CNC(=O)[C@@H]2C[C@@H](O)CN2C(=O)CNC(=O)COc2ccc(OC3CC(NC(=O)C[C@@H]4N=C(c5ccc(Cl)cc5)c5c(sc(C)c5C)-n5c(C)nnc54)C3)nc2)cc1. The fraction of sp³-hybridized carbons (Fsp3) is 0.354. The number of halogens is 1. The van der Waals surface area contributed by atoms with Crippen LogP contribution in [0.1, 0.15) is 76.2 Å². The number of benzene rings is 2. The van der Waals surface area contributed by atoms with Crippen molar-refractivity contribution in [1.82, 2.24) is 45.6 Å². The van der Waals surface area contributed by atoms with Gasteiger partial charge in [-0.1, -0.05) is 48.0 Å². The zero-order valence-corrected chi connectivity index (χ0v) is 40.1. The summed E-state index contributed by atoms with van der Waals surface area (Å²) < 4.78 is 13.7. The number of carbonyl (C=O) groups is 4. The molecule has 4 N–H and O–H groups in total. The minimum absolute atomic E-state index is 0.0202. The van der Waals surface area contributed by atoms with Crippen LogP contribution in [0.2, 0.25) is 5.02 Å². The second kappa shape index (κ2) is 20.0. The quantitative estimate of drug-likeness (QED) is 0.101. The van der Waals surface area contributed by atoms with Crippen LogP contribution in [0.4, 0.5) is 0 Å². The maximum absolute atomic E-state index is 13.6. The van der Waals surface area contributed by atoms with Gasteiger partial charge in [0.15, 0.2) is 12.4 Å². The highest BCUT2D eigenvalue weighted by Crippen LogP contribution is 2.40. The van der Waals surface area contributed by atoms with Gasteiger partial charge in [0, 0.05) is 65.5 Å². The fourth-order valence-electron chi connectivity index (χ4n) is 8.54. The van der Waals surface area contributed by atoms with Crippen LogP contribution in [0, 0.1) is 27.7 Å². The number of thiophene rings is 1. The molecule has 2 fully saturated rings. The number of rotatable bonds is 15. The molecule has 0 spiro atoms. The van der Waals surface area contributed by atoms with E-state index in [0.717, 1.165) is 59.8 Å². The molecule has 0 radical (unpaired) electrons. The number of aryl methyl sites for hydroxylation is 3. The molecule has 352 valence electrons. The minimum atomic E-state index is -0.873. The Labute approximate surface area is 405 Å². The van der Waals surface area contributed by atoms with E-state index in [1.165, 1.54) is 11.1 Å². The molecule has 4 amide bonds. The van der Waals surface area contributed by atoms with Gasteiger partial charge < -0.3 is 35.4 Å². The van der Waals surface area contributed by atoms with Crippen LogP contribution in [0.25, 0.3) is 15.4 Å². The number of nitrogens with zero attached hydrogens (tertiary/aromatic N) is 7. The van der Waals surface area contributed by atoms with Crippen molar-refractivity contribution in [2.45, 2.75) is 90.3 Å². The smallest absolute Gasteiger partial charge is 0.258 e. The van der Waals surface area contributed by atoms with Crippen molar-refractivity contribution in [2.75, 3.05) is 19.7 Å². The number of carbonyl (C=O) groups excluding carboxylic acids is 4. The first-order valence-electron chi connectivity index (χ1n) is 22.2. The van der Waals surface area contributed by atoms with Crippen molar-refractivity contribution < 1.29 is 33.8 Å². The van der Waals surface area contributed by atoms with E-state index in [1.807, 2.05) is 66.9 Å². The first kappa shape index (κ1) is 46.6. The summed E-state index contributed by atoms with van der Waals surface area (Å²) in [6.07, 6.45) is 1.75. The van der Waals surface area contributed by atoms with Crippen LogP contribution in [-0.4, -0.2) is 108 Å². The Balaban J connectivity index is 0.708. The molecule has 0 bridgehead atoms. The van der Waals surface area contributed by atoms with Crippen molar-refractivity contribution in [3.8, 4) is 27.1 Å². The van der Waals surface area contributed by atoms with Crippen LogP contribution < -0.4 is 25.4 Å². The third kappa shape index (κ3) is 10.2. The molecule has 68 heavy (non-hydrogen) atoms. The average Bonchev–Trinajstić information content (AvgIpc) is 4.09. The lowest BCUT2D eigenvalue weighted by molar-refractivity contribution is -0.139. The molecule has 20 heteroatoms. The summed E-state index contributed by atoms with van der Waals surface area (Å²) in [5.41, 5.74) is 8.49.